The highest BCUT2D eigenvalue weighted by Gasteiger charge is 2.43. The molecule has 114 valence electrons. The minimum atomic E-state index is -0.603. The first kappa shape index (κ1) is 15.1. The molecule has 2 aliphatic rings. The van der Waals surface area contributed by atoms with E-state index in [4.69, 9.17) is 9.47 Å². The monoisotopic (exact) mass is 306 g/mol. The van der Waals surface area contributed by atoms with Gasteiger partial charge in [0.2, 0.25) is 6.29 Å². The number of ketones is 1. The van der Waals surface area contributed by atoms with Crippen LogP contribution in [0.3, 0.4) is 0 Å². The van der Waals surface area contributed by atoms with Gasteiger partial charge < -0.3 is 9.47 Å². The van der Waals surface area contributed by atoms with Crippen LogP contribution in [-0.4, -0.2) is 30.0 Å². The second-order valence-corrected chi connectivity index (χ2v) is 8.18. The van der Waals surface area contributed by atoms with Crippen LogP contribution in [0.25, 0.3) is 0 Å². The lowest BCUT2D eigenvalue weighted by atomic mass is 9.87. The van der Waals surface area contributed by atoms with Gasteiger partial charge in [-0.05, 0) is 29.5 Å². The van der Waals surface area contributed by atoms with Crippen LogP contribution in [0.4, 0.5) is 0 Å². The van der Waals surface area contributed by atoms with Crippen LogP contribution in [0.5, 0.6) is 0 Å². The first-order chi connectivity index (χ1) is 9.84. The Balaban J connectivity index is 1.82. The Bertz CT molecular complexity index is 562. The molecule has 2 aliphatic heterocycles. The van der Waals surface area contributed by atoms with Gasteiger partial charge in [-0.2, -0.15) is 0 Å². The molecule has 3 nitrogen and oxygen atoms in total. The average molecular weight is 306 g/mol. The first-order valence-electron chi connectivity index (χ1n) is 7.42. The van der Waals surface area contributed by atoms with Crippen LogP contribution in [-0.2, 0) is 19.7 Å². The fourth-order valence-electron chi connectivity index (χ4n) is 2.68. The minimum Gasteiger partial charge on any atom is -0.343 e. The summed E-state index contributed by atoms with van der Waals surface area (Å²) in [5, 5.41) is 0.158. The third-order valence-electron chi connectivity index (χ3n) is 4.12. The molecular weight excluding hydrogens is 284 g/mol. The number of fused-ring (bicyclic) bond motifs is 2. The van der Waals surface area contributed by atoms with E-state index in [1.54, 1.807) is 11.8 Å². The van der Waals surface area contributed by atoms with E-state index in [1.807, 2.05) is 0 Å². The van der Waals surface area contributed by atoms with Crippen LogP contribution in [0.1, 0.15) is 38.3 Å². The number of carbonyl (C=O) groups is 1. The van der Waals surface area contributed by atoms with Crippen LogP contribution >= 0.6 is 11.8 Å². The molecule has 0 N–H and O–H groups in total. The zero-order chi connectivity index (χ0) is 15.2. The molecule has 4 heteroatoms. The van der Waals surface area contributed by atoms with E-state index < -0.39 is 6.29 Å². The van der Waals surface area contributed by atoms with Crippen molar-refractivity contribution in [2.75, 3.05) is 6.61 Å². The van der Waals surface area contributed by atoms with E-state index in [2.05, 4.69) is 45.9 Å². The second-order valence-electron chi connectivity index (χ2n) is 6.90. The molecule has 2 bridgehead atoms. The zero-order valence-corrected chi connectivity index (χ0v) is 13.8. The van der Waals surface area contributed by atoms with Crippen LogP contribution in [0.2, 0.25) is 0 Å². The number of aryl methyl sites for hydroxylation is 1. The normalized spacial score (nSPS) is 29.0. The molecule has 0 saturated carbocycles. The summed E-state index contributed by atoms with van der Waals surface area (Å²) in [7, 11) is 0. The summed E-state index contributed by atoms with van der Waals surface area (Å²) >= 11 is 1.76. The van der Waals surface area contributed by atoms with Crippen molar-refractivity contribution in [2.24, 2.45) is 0 Å². The van der Waals surface area contributed by atoms with Crippen molar-refractivity contribution < 1.29 is 14.3 Å². The van der Waals surface area contributed by atoms with Crippen LogP contribution in [0, 0.1) is 6.92 Å². The average Bonchev–Trinajstić information content (AvgIpc) is 2.83. The molecule has 0 aromatic heterocycles. The summed E-state index contributed by atoms with van der Waals surface area (Å²) in [6.45, 7) is 9.30. The minimum absolute atomic E-state index is 0.0374. The Hall–Kier alpha value is -0.840. The quantitative estimate of drug-likeness (QED) is 0.838. The standard InChI is InChI=1S/C17H22O3S/c1-10-5-6-11(17(2,3)4)7-14(10)21-15-8-12(18)16-19-9-13(15)20-16/h5-7,13,15-16H,8-9H2,1-4H3. The molecule has 3 atom stereocenters. The van der Waals surface area contributed by atoms with E-state index in [0.717, 1.165) is 0 Å². The smallest absolute Gasteiger partial charge is 0.218 e. The van der Waals surface area contributed by atoms with Gasteiger partial charge in [-0.1, -0.05) is 32.9 Å². The SMILES string of the molecule is Cc1ccc(C(C)(C)C)cc1SC1CC(=O)C2OCC1O2. The van der Waals surface area contributed by atoms with Gasteiger partial charge in [-0.3, -0.25) is 4.79 Å². The Morgan fingerprint density at radius 1 is 1.29 bits per heavy atom. The Kier molecular flexibility index (Phi) is 3.89. The lowest BCUT2D eigenvalue weighted by Crippen LogP contribution is -2.37. The molecule has 0 radical (unpaired) electrons. The molecule has 21 heavy (non-hydrogen) atoms. The fourth-order valence-corrected chi connectivity index (χ4v) is 4.00. The van der Waals surface area contributed by atoms with Gasteiger partial charge in [0.25, 0.3) is 0 Å². The fraction of sp³-hybridized carbons (Fsp3) is 0.588. The van der Waals surface area contributed by atoms with Crippen molar-refractivity contribution in [1.29, 1.82) is 0 Å². The predicted molar refractivity (Wildman–Crippen MR) is 83.8 cm³/mol. The summed E-state index contributed by atoms with van der Waals surface area (Å²) in [5.74, 6) is 0.0749. The summed E-state index contributed by atoms with van der Waals surface area (Å²) in [4.78, 5) is 13.1. The Morgan fingerprint density at radius 2 is 2.05 bits per heavy atom. The van der Waals surface area contributed by atoms with Gasteiger partial charge in [0, 0.05) is 16.6 Å². The summed E-state index contributed by atoms with van der Waals surface area (Å²) in [6, 6.07) is 6.62. The van der Waals surface area contributed by atoms with E-state index in [-0.39, 0.29) is 22.6 Å². The predicted octanol–water partition coefficient (Wildman–Crippen LogP) is 3.47. The highest BCUT2D eigenvalue weighted by molar-refractivity contribution is 8.00. The second kappa shape index (κ2) is 5.41. The molecular formula is C17H22O3S. The van der Waals surface area contributed by atoms with Crippen molar-refractivity contribution in [2.45, 2.75) is 62.1 Å². The largest absolute Gasteiger partial charge is 0.343 e. The molecule has 2 heterocycles. The van der Waals surface area contributed by atoms with Crippen molar-refractivity contribution in [3.05, 3.63) is 29.3 Å². The van der Waals surface area contributed by atoms with Gasteiger partial charge in [-0.25, -0.2) is 0 Å². The van der Waals surface area contributed by atoms with Gasteiger partial charge in [-0.15, -0.1) is 11.8 Å². The number of carbonyl (C=O) groups excluding carboxylic acids is 1. The van der Waals surface area contributed by atoms with Crippen molar-refractivity contribution in [1.82, 2.24) is 0 Å². The molecule has 2 saturated heterocycles. The Labute approximate surface area is 130 Å². The number of hydrogen-bond acceptors (Lipinski definition) is 4. The maximum Gasteiger partial charge on any atom is 0.218 e. The van der Waals surface area contributed by atoms with Gasteiger partial charge in [0.05, 0.1) is 12.7 Å². The number of ether oxygens (including phenoxy) is 2. The van der Waals surface area contributed by atoms with Gasteiger partial charge >= 0.3 is 0 Å². The summed E-state index contributed by atoms with van der Waals surface area (Å²) in [5.41, 5.74) is 2.70. The molecule has 0 amide bonds. The first-order valence-corrected chi connectivity index (χ1v) is 8.30. The van der Waals surface area contributed by atoms with Gasteiger partial charge in [0.1, 0.15) is 0 Å². The lowest BCUT2D eigenvalue weighted by Gasteiger charge is -2.27. The van der Waals surface area contributed by atoms with E-state index in [1.165, 1.54) is 16.0 Å². The van der Waals surface area contributed by atoms with Crippen LogP contribution in [0.15, 0.2) is 23.1 Å². The van der Waals surface area contributed by atoms with Gasteiger partial charge in [0.15, 0.2) is 5.78 Å². The number of benzene rings is 1. The van der Waals surface area contributed by atoms with E-state index in [0.29, 0.717) is 13.0 Å². The third-order valence-corrected chi connectivity index (χ3v) is 5.59. The molecule has 1 aromatic rings. The molecule has 1 aromatic carbocycles. The molecule has 3 rings (SSSR count). The van der Waals surface area contributed by atoms with Crippen molar-refractivity contribution in [3.63, 3.8) is 0 Å². The molecule has 0 aliphatic carbocycles. The van der Waals surface area contributed by atoms with Crippen molar-refractivity contribution >= 4 is 17.5 Å². The highest BCUT2D eigenvalue weighted by atomic mass is 32.2. The molecule has 3 unspecified atom stereocenters. The highest BCUT2D eigenvalue weighted by Crippen LogP contribution is 2.39. The Morgan fingerprint density at radius 3 is 2.76 bits per heavy atom. The van der Waals surface area contributed by atoms with E-state index >= 15 is 0 Å². The number of Topliss-reactive ketones (excluding diaryl/α,β-unsaturated/α-hetero) is 1. The number of hydrogen-bond donors (Lipinski definition) is 0. The maximum atomic E-state index is 11.9. The summed E-state index contributed by atoms with van der Waals surface area (Å²) in [6.07, 6.45) is -0.0247. The molecule has 2 fully saturated rings. The topological polar surface area (TPSA) is 35.5 Å². The lowest BCUT2D eigenvalue weighted by molar-refractivity contribution is -0.151. The summed E-state index contributed by atoms with van der Waals surface area (Å²) < 4.78 is 11.0. The number of thioether (sulfide) groups is 1. The van der Waals surface area contributed by atoms with Crippen molar-refractivity contribution in [3.8, 4) is 0 Å². The maximum absolute atomic E-state index is 11.9. The van der Waals surface area contributed by atoms with Crippen LogP contribution < -0.4 is 0 Å². The number of rotatable bonds is 2. The molecule has 0 spiro atoms. The zero-order valence-electron chi connectivity index (χ0n) is 13.0. The van der Waals surface area contributed by atoms with E-state index in [9.17, 15) is 4.79 Å². The third kappa shape index (κ3) is 3.03.